The molecule has 1 aliphatic heterocycles. The van der Waals surface area contributed by atoms with Crippen LogP contribution in [0.4, 0.5) is 23.0 Å². The van der Waals surface area contributed by atoms with Crippen LogP contribution in [-0.4, -0.2) is 23.1 Å². The Labute approximate surface area is 152 Å². The molecule has 0 bridgehead atoms. The van der Waals surface area contributed by atoms with E-state index in [9.17, 15) is 0 Å². The molecule has 1 aromatic heterocycles. The van der Waals surface area contributed by atoms with E-state index >= 15 is 0 Å². The van der Waals surface area contributed by atoms with Crippen molar-refractivity contribution in [2.45, 2.75) is 12.8 Å². The maximum atomic E-state index is 6.29. The fraction of sp³-hybridized carbons (Fsp3) is 0.200. The van der Waals surface area contributed by atoms with E-state index in [2.05, 4.69) is 20.2 Å². The number of benzene rings is 2. The highest BCUT2D eigenvalue weighted by Crippen LogP contribution is 2.31. The molecule has 1 aliphatic rings. The molecule has 4 rings (SSSR count). The van der Waals surface area contributed by atoms with Gasteiger partial charge in [0.2, 0.25) is 0 Å². The first-order valence-corrected chi connectivity index (χ1v) is 8.75. The second-order valence-corrected chi connectivity index (χ2v) is 6.22. The second kappa shape index (κ2) is 7.31. The first kappa shape index (κ1) is 16.2. The fourth-order valence-corrected chi connectivity index (χ4v) is 3.03. The summed E-state index contributed by atoms with van der Waals surface area (Å²) in [7, 11) is 0. The lowest BCUT2D eigenvalue weighted by Gasteiger charge is -2.19. The summed E-state index contributed by atoms with van der Waals surface area (Å²) in [4.78, 5) is 10.9. The van der Waals surface area contributed by atoms with Gasteiger partial charge in [0, 0.05) is 18.8 Å². The second-order valence-electron chi connectivity index (χ2n) is 6.22. The maximum absolute atomic E-state index is 6.29. The minimum Gasteiger partial charge on any atom is -0.457 e. The number of nitrogens with two attached hydrogens (primary N) is 1. The predicted molar refractivity (Wildman–Crippen MR) is 104 cm³/mol. The summed E-state index contributed by atoms with van der Waals surface area (Å²) in [6.07, 6.45) is 3.91. The Kier molecular flexibility index (Phi) is 4.55. The van der Waals surface area contributed by atoms with E-state index in [0.717, 1.165) is 36.1 Å². The number of rotatable bonds is 5. The van der Waals surface area contributed by atoms with Gasteiger partial charge in [0.1, 0.15) is 23.5 Å². The van der Waals surface area contributed by atoms with E-state index in [-0.39, 0.29) is 0 Å². The highest BCUT2D eigenvalue weighted by molar-refractivity contribution is 5.78. The van der Waals surface area contributed by atoms with Crippen LogP contribution in [0, 0.1) is 0 Å². The predicted octanol–water partition coefficient (Wildman–Crippen LogP) is 4.19. The van der Waals surface area contributed by atoms with E-state index in [1.165, 1.54) is 12.8 Å². The van der Waals surface area contributed by atoms with Gasteiger partial charge in [-0.15, -0.1) is 0 Å². The summed E-state index contributed by atoms with van der Waals surface area (Å²) >= 11 is 0. The molecule has 2 heterocycles. The van der Waals surface area contributed by atoms with Gasteiger partial charge in [-0.3, -0.25) is 0 Å². The first-order chi connectivity index (χ1) is 12.8. The van der Waals surface area contributed by atoms with Crippen LogP contribution in [-0.2, 0) is 0 Å². The molecule has 0 unspecified atom stereocenters. The summed E-state index contributed by atoms with van der Waals surface area (Å²) in [6, 6.07) is 17.4. The Morgan fingerprint density at radius 2 is 1.58 bits per heavy atom. The van der Waals surface area contributed by atoms with Crippen LogP contribution in [0.3, 0.4) is 0 Å². The monoisotopic (exact) mass is 347 g/mol. The van der Waals surface area contributed by atoms with Gasteiger partial charge < -0.3 is 20.7 Å². The highest BCUT2D eigenvalue weighted by Gasteiger charge is 2.18. The van der Waals surface area contributed by atoms with Crippen LogP contribution in [0.2, 0.25) is 0 Å². The highest BCUT2D eigenvalue weighted by atomic mass is 16.5. The van der Waals surface area contributed by atoms with Gasteiger partial charge >= 0.3 is 0 Å². The maximum Gasteiger partial charge on any atom is 0.159 e. The Balaban J connectivity index is 1.48. The van der Waals surface area contributed by atoms with Gasteiger partial charge in [-0.1, -0.05) is 18.2 Å². The molecule has 0 aliphatic carbocycles. The molecule has 6 heteroatoms. The SMILES string of the molecule is Nc1c(Nc2ccc(Oc3ccccc3)cc2)ncnc1N1CCCC1. The first-order valence-electron chi connectivity index (χ1n) is 8.75. The number of aromatic nitrogens is 2. The number of hydrogen-bond acceptors (Lipinski definition) is 6. The number of hydrogen-bond donors (Lipinski definition) is 2. The van der Waals surface area contributed by atoms with Crippen LogP contribution in [0.15, 0.2) is 60.9 Å². The van der Waals surface area contributed by atoms with Gasteiger partial charge in [0.15, 0.2) is 11.6 Å². The Bertz CT molecular complexity index is 861. The van der Waals surface area contributed by atoms with Crippen molar-refractivity contribution in [3.8, 4) is 11.5 Å². The Hall–Kier alpha value is -3.28. The third-order valence-corrected chi connectivity index (χ3v) is 4.36. The van der Waals surface area contributed by atoms with Crippen LogP contribution >= 0.6 is 0 Å². The van der Waals surface area contributed by atoms with Gasteiger partial charge in [-0.05, 0) is 49.2 Å². The van der Waals surface area contributed by atoms with E-state index in [1.807, 2.05) is 54.6 Å². The normalized spacial score (nSPS) is 13.6. The zero-order chi connectivity index (χ0) is 17.8. The van der Waals surface area contributed by atoms with Crippen molar-refractivity contribution < 1.29 is 4.74 Å². The van der Waals surface area contributed by atoms with Crippen molar-refractivity contribution in [1.29, 1.82) is 0 Å². The van der Waals surface area contributed by atoms with Gasteiger partial charge in [0.05, 0.1) is 0 Å². The lowest BCUT2D eigenvalue weighted by molar-refractivity contribution is 0.483. The minimum atomic E-state index is 0.582. The van der Waals surface area contributed by atoms with Crippen molar-refractivity contribution in [3.05, 3.63) is 60.9 Å². The number of nitrogens with zero attached hydrogens (tertiary/aromatic N) is 3. The van der Waals surface area contributed by atoms with Crippen LogP contribution in [0.1, 0.15) is 12.8 Å². The lowest BCUT2D eigenvalue weighted by Crippen LogP contribution is -2.21. The summed E-state index contributed by atoms with van der Waals surface area (Å²) in [5.41, 5.74) is 7.76. The minimum absolute atomic E-state index is 0.582. The van der Waals surface area contributed by atoms with E-state index in [4.69, 9.17) is 10.5 Å². The van der Waals surface area contributed by atoms with Crippen molar-refractivity contribution in [3.63, 3.8) is 0 Å². The van der Waals surface area contributed by atoms with Gasteiger partial charge in [-0.25, -0.2) is 9.97 Å². The average Bonchev–Trinajstić information content (AvgIpc) is 3.20. The fourth-order valence-electron chi connectivity index (χ4n) is 3.03. The molecule has 0 amide bonds. The number of nitrogen functional groups attached to an aromatic ring is 1. The van der Waals surface area contributed by atoms with Crippen molar-refractivity contribution >= 4 is 23.0 Å². The van der Waals surface area contributed by atoms with Crippen molar-refractivity contribution in [1.82, 2.24) is 9.97 Å². The molecule has 3 N–H and O–H groups in total. The molecular formula is C20H21N5O. The molecule has 0 saturated carbocycles. The number of anilines is 4. The topological polar surface area (TPSA) is 76.3 Å². The van der Waals surface area contributed by atoms with Crippen LogP contribution < -0.4 is 20.7 Å². The molecule has 1 fully saturated rings. The number of para-hydroxylation sites is 1. The molecule has 6 nitrogen and oxygen atoms in total. The zero-order valence-electron chi connectivity index (χ0n) is 14.4. The van der Waals surface area contributed by atoms with Gasteiger partial charge in [0.25, 0.3) is 0 Å². The van der Waals surface area contributed by atoms with E-state index in [0.29, 0.717) is 11.5 Å². The third kappa shape index (κ3) is 3.54. The largest absolute Gasteiger partial charge is 0.457 e. The molecule has 132 valence electrons. The van der Waals surface area contributed by atoms with Crippen molar-refractivity contribution in [2.75, 3.05) is 29.0 Å². The van der Waals surface area contributed by atoms with Crippen LogP contribution in [0.5, 0.6) is 11.5 Å². The molecular weight excluding hydrogens is 326 g/mol. The molecule has 3 aromatic rings. The summed E-state index contributed by atoms with van der Waals surface area (Å²) in [5, 5.41) is 3.27. The molecule has 26 heavy (non-hydrogen) atoms. The zero-order valence-corrected chi connectivity index (χ0v) is 14.4. The van der Waals surface area contributed by atoms with Crippen LogP contribution in [0.25, 0.3) is 0 Å². The Morgan fingerprint density at radius 3 is 2.31 bits per heavy atom. The smallest absolute Gasteiger partial charge is 0.159 e. The van der Waals surface area contributed by atoms with Gasteiger partial charge in [-0.2, -0.15) is 0 Å². The number of ether oxygens (including phenoxy) is 1. The standard InChI is InChI=1S/C20H21N5O/c21-18-19(22-14-23-20(18)25-12-4-5-13-25)24-15-8-10-17(11-9-15)26-16-6-2-1-3-7-16/h1-3,6-11,14H,4-5,12-13,21H2,(H,22,23,24). The van der Waals surface area contributed by atoms with Crippen molar-refractivity contribution in [2.24, 2.45) is 0 Å². The summed E-state index contributed by atoms with van der Waals surface area (Å²) in [6.45, 7) is 1.98. The van der Waals surface area contributed by atoms with E-state index < -0.39 is 0 Å². The number of nitrogens with one attached hydrogen (secondary N) is 1. The molecule has 1 saturated heterocycles. The molecule has 0 spiro atoms. The summed E-state index contributed by atoms with van der Waals surface area (Å²) in [5.74, 6) is 3.02. The third-order valence-electron chi connectivity index (χ3n) is 4.36. The molecule has 0 atom stereocenters. The molecule has 0 radical (unpaired) electrons. The van der Waals surface area contributed by atoms with E-state index in [1.54, 1.807) is 6.33 Å². The molecule has 2 aromatic carbocycles. The Morgan fingerprint density at radius 1 is 0.885 bits per heavy atom. The quantitative estimate of drug-likeness (QED) is 0.720. The lowest BCUT2D eigenvalue weighted by atomic mass is 10.3. The summed E-state index contributed by atoms with van der Waals surface area (Å²) < 4.78 is 5.81. The average molecular weight is 347 g/mol.